The number of nitrogens with two attached hydrogens (primary N) is 1. The number of benzene rings is 4. The van der Waals surface area contributed by atoms with Crippen molar-refractivity contribution in [2.75, 3.05) is 6.54 Å². The smallest absolute Gasteiger partial charge is 0.251 e. The van der Waals surface area contributed by atoms with Crippen molar-refractivity contribution in [3.8, 4) is 5.75 Å². The summed E-state index contributed by atoms with van der Waals surface area (Å²) in [4.78, 5) is 23.0. The summed E-state index contributed by atoms with van der Waals surface area (Å²) >= 11 is 5.50. The molecule has 0 saturated carbocycles. The van der Waals surface area contributed by atoms with Gasteiger partial charge in [-0.1, -0.05) is 54.1 Å². The van der Waals surface area contributed by atoms with Gasteiger partial charge in [-0.3, -0.25) is 9.59 Å². The number of rotatable bonds is 6. The number of carbonyl (C=O) groups is 2. The van der Waals surface area contributed by atoms with Crippen LogP contribution < -0.4 is 11.1 Å². The molecule has 4 aromatic rings. The summed E-state index contributed by atoms with van der Waals surface area (Å²) in [5.41, 5.74) is 7.59. The minimum Gasteiger partial charge on any atom is -0.506 e. The zero-order chi connectivity index (χ0) is 25.4. The maximum absolute atomic E-state index is 12.9. The molecule has 0 aromatic heterocycles. The highest BCUT2D eigenvalue weighted by molar-refractivity contribution is 6.32. The van der Waals surface area contributed by atoms with E-state index in [4.69, 9.17) is 27.9 Å². The Balaban J connectivity index is 0.000000261. The molecular weight excluding hydrogens is 469 g/mol. The number of phenolic OH excluding ortho intramolecular Hbond substituents is 1. The predicted octanol–water partition coefficient (Wildman–Crippen LogP) is 5.09. The van der Waals surface area contributed by atoms with Gasteiger partial charge < -0.3 is 21.6 Å². The van der Waals surface area contributed by atoms with E-state index in [1.54, 1.807) is 24.3 Å². The predicted molar refractivity (Wildman–Crippen MR) is 136 cm³/mol. The van der Waals surface area contributed by atoms with E-state index in [9.17, 15) is 14.0 Å². The van der Waals surface area contributed by atoms with Gasteiger partial charge >= 0.3 is 0 Å². The number of amides is 2. The first kappa shape index (κ1) is 25.4. The quantitative estimate of drug-likeness (QED) is 0.281. The molecule has 0 bridgehead atoms. The zero-order valence-corrected chi connectivity index (χ0v) is 19.4. The lowest BCUT2D eigenvalue weighted by Crippen LogP contribution is -2.26. The summed E-state index contributed by atoms with van der Waals surface area (Å²) in [5.74, 6) is -1.03. The molecule has 4 rings (SSSR count). The number of fused-ring (bicyclic) bond motifs is 1. The number of halogens is 2. The number of nitrogens with one attached hydrogen (secondary N) is 2. The van der Waals surface area contributed by atoms with Crippen molar-refractivity contribution in [3.63, 3.8) is 0 Å². The molecule has 0 heterocycles. The maximum Gasteiger partial charge on any atom is 0.251 e. The summed E-state index contributed by atoms with van der Waals surface area (Å²) in [6.45, 7) is 0.477. The van der Waals surface area contributed by atoms with E-state index in [2.05, 4.69) is 5.32 Å². The molecule has 0 saturated heterocycles. The lowest BCUT2D eigenvalue weighted by Gasteiger charge is -2.10. The molecule has 6 nitrogen and oxygen atoms in total. The number of aromatic hydroxyl groups is 1. The molecule has 0 spiro atoms. The molecule has 5 N–H and O–H groups in total. The van der Waals surface area contributed by atoms with E-state index in [-0.39, 0.29) is 28.1 Å². The van der Waals surface area contributed by atoms with Crippen molar-refractivity contribution >= 4 is 40.4 Å². The van der Waals surface area contributed by atoms with Crippen LogP contribution in [0.5, 0.6) is 5.75 Å². The molecule has 0 unspecified atom stereocenters. The SMILES string of the molecule is N=Cc1ccc(C(=O)NCCc2ccc(F)cc2)c2ccccc12.NC(=O)c1ccc(O)c(Cl)c1. The third kappa shape index (κ3) is 6.65. The van der Waals surface area contributed by atoms with E-state index >= 15 is 0 Å². The van der Waals surface area contributed by atoms with E-state index in [1.165, 1.54) is 36.5 Å². The zero-order valence-electron chi connectivity index (χ0n) is 18.6. The molecule has 35 heavy (non-hydrogen) atoms. The van der Waals surface area contributed by atoms with Gasteiger partial charge in [0.05, 0.1) is 5.02 Å². The summed E-state index contributed by atoms with van der Waals surface area (Å²) in [6.07, 6.45) is 1.93. The van der Waals surface area contributed by atoms with Gasteiger partial charge in [0.2, 0.25) is 5.91 Å². The van der Waals surface area contributed by atoms with E-state index in [0.717, 1.165) is 21.9 Å². The van der Waals surface area contributed by atoms with Crippen LogP contribution in [0.4, 0.5) is 4.39 Å². The Morgan fingerprint density at radius 3 is 2.31 bits per heavy atom. The van der Waals surface area contributed by atoms with Crippen molar-refractivity contribution in [1.82, 2.24) is 5.32 Å². The number of primary amides is 1. The average molecular weight is 492 g/mol. The van der Waals surface area contributed by atoms with Crippen molar-refractivity contribution in [2.24, 2.45) is 5.73 Å². The molecule has 8 heteroatoms. The average Bonchev–Trinajstić information content (AvgIpc) is 2.86. The van der Waals surface area contributed by atoms with E-state index < -0.39 is 5.91 Å². The van der Waals surface area contributed by atoms with Gasteiger partial charge in [-0.2, -0.15) is 0 Å². The number of phenols is 1. The Kier molecular flexibility index (Phi) is 8.53. The first-order chi connectivity index (χ1) is 16.8. The van der Waals surface area contributed by atoms with Gasteiger partial charge in [0.1, 0.15) is 11.6 Å². The Morgan fingerprint density at radius 1 is 1.00 bits per heavy atom. The van der Waals surface area contributed by atoms with Crippen LogP contribution in [0.15, 0.2) is 78.9 Å². The molecule has 178 valence electrons. The fourth-order valence-electron chi connectivity index (χ4n) is 3.37. The van der Waals surface area contributed by atoms with Gasteiger partial charge in [-0.15, -0.1) is 0 Å². The molecule has 4 aromatic carbocycles. The van der Waals surface area contributed by atoms with Crippen LogP contribution in [0.1, 0.15) is 31.8 Å². The number of hydrogen-bond acceptors (Lipinski definition) is 4. The molecule has 0 aliphatic carbocycles. The van der Waals surface area contributed by atoms with Crippen molar-refractivity contribution in [1.29, 1.82) is 5.41 Å². The Labute approximate surface area is 206 Å². The fourth-order valence-corrected chi connectivity index (χ4v) is 3.55. The van der Waals surface area contributed by atoms with Crippen LogP contribution in [-0.4, -0.2) is 29.7 Å². The normalized spacial score (nSPS) is 10.2. The minimum absolute atomic E-state index is 0.0586. The van der Waals surface area contributed by atoms with E-state index in [1.807, 2.05) is 24.3 Å². The Hall–Kier alpha value is -4.23. The van der Waals surface area contributed by atoms with Gasteiger partial charge in [-0.25, -0.2) is 4.39 Å². The summed E-state index contributed by atoms with van der Waals surface area (Å²) in [6, 6.07) is 21.4. The van der Waals surface area contributed by atoms with Crippen LogP contribution >= 0.6 is 11.6 Å². The maximum atomic E-state index is 12.9. The first-order valence-electron chi connectivity index (χ1n) is 10.6. The lowest BCUT2D eigenvalue weighted by molar-refractivity contribution is 0.0954. The van der Waals surface area contributed by atoms with Crippen LogP contribution in [0, 0.1) is 11.2 Å². The van der Waals surface area contributed by atoms with Crippen LogP contribution in [0.2, 0.25) is 5.02 Å². The first-order valence-corrected chi connectivity index (χ1v) is 11.0. The Morgan fingerprint density at radius 2 is 1.69 bits per heavy atom. The summed E-state index contributed by atoms with van der Waals surface area (Å²) in [7, 11) is 0. The van der Waals surface area contributed by atoms with Gasteiger partial charge in [0.15, 0.2) is 0 Å². The second-order valence-corrected chi connectivity index (χ2v) is 7.96. The molecule has 0 fully saturated rings. The third-order valence-electron chi connectivity index (χ3n) is 5.20. The van der Waals surface area contributed by atoms with Crippen molar-refractivity contribution in [2.45, 2.75) is 6.42 Å². The Bertz CT molecular complexity index is 1370. The lowest BCUT2D eigenvalue weighted by atomic mass is 9.99. The van der Waals surface area contributed by atoms with Crippen LogP contribution in [0.3, 0.4) is 0 Å². The van der Waals surface area contributed by atoms with Crippen molar-refractivity contribution in [3.05, 3.63) is 112 Å². The van der Waals surface area contributed by atoms with E-state index in [0.29, 0.717) is 18.5 Å². The topological polar surface area (TPSA) is 116 Å². The second-order valence-electron chi connectivity index (χ2n) is 7.56. The van der Waals surface area contributed by atoms with Crippen LogP contribution in [-0.2, 0) is 6.42 Å². The molecule has 0 atom stereocenters. The fraction of sp³-hybridized carbons (Fsp3) is 0.0741. The second kappa shape index (κ2) is 11.8. The monoisotopic (exact) mass is 491 g/mol. The third-order valence-corrected chi connectivity index (χ3v) is 5.51. The largest absolute Gasteiger partial charge is 0.506 e. The molecule has 0 aliphatic heterocycles. The minimum atomic E-state index is -0.563. The summed E-state index contributed by atoms with van der Waals surface area (Å²) < 4.78 is 12.9. The van der Waals surface area contributed by atoms with Gasteiger partial charge in [0, 0.05) is 23.9 Å². The molecule has 2 amide bonds. The molecule has 0 radical (unpaired) electrons. The van der Waals surface area contributed by atoms with Gasteiger partial charge in [0.25, 0.3) is 5.91 Å². The highest BCUT2D eigenvalue weighted by Gasteiger charge is 2.11. The van der Waals surface area contributed by atoms with Gasteiger partial charge in [-0.05, 0) is 64.7 Å². The highest BCUT2D eigenvalue weighted by atomic mass is 35.5. The molecule has 0 aliphatic rings. The highest BCUT2D eigenvalue weighted by Crippen LogP contribution is 2.23. The number of carbonyl (C=O) groups excluding carboxylic acids is 2. The molecular formula is C27H23ClFN3O3. The summed E-state index contributed by atoms with van der Waals surface area (Å²) in [5, 5.41) is 21.2. The van der Waals surface area contributed by atoms with Crippen molar-refractivity contribution < 1.29 is 19.1 Å². The number of hydrogen-bond donors (Lipinski definition) is 4. The van der Waals surface area contributed by atoms with Crippen LogP contribution in [0.25, 0.3) is 10.8 Å². The standard InChI is InChI=1S/C20H17FN2O.C7H6ClNO2/c21-16-8-5-14(6-9-16)11-12-23-20(24)19-10-7-15(13-22)17-3-1-2-4-18(17)19;8-5-3-4(7(9)11)1-2-6(5)10/h1-10,13,22H,11-12H2,(H,23,24);1-3,10H,(H2,9,11).